The van der Waals surface area contributed by atoms with E-state index in [1.807, 2.05) is 66.7 Å². The maximum atomic E-state index is 14.0. The standard InChI is InChI=1S/C36H31ClFN3O3.ClH/c1-23(40-22-27-11-5-6-13-33(27)38)35(42)41-36(43)31-16-14-26(25-9-3-2-4-10-25)19-32(31)30-17-15-28(37)20-34(30)44-29-12-7-8-24(18-29)21-39;/h2-20,23,40H,21-22,39H2,1H3,(H,41,42,43);1H. The van der Waals surface area contributed by atoms with E-state index in [9.17, 15) is 14.0 Å². The van der Waals surface area contributed by atoms with Gasteiger partial charge in [-0.2, -0.15) is 0 Å². The molecular formula is C36H32Cl2FN3O3. The smallest absolute Gasteiger partial charge is 0.258 e. The number of carbonyl (C=O) groups excluding carboxylic acids is 2. The molecule has 45 heavy (non-hydrogen) atoms. The Morgan fingerprint density at radius 2 is 1.60 bits per heavy atom. The van der Waals surface area contributed by atoms with Gasteiger partial charge < -0.3 is 15.8 Å². The fourth-order valence-electron chi connectivity index (χ4n) is 4.73. The minimum absolute atomic E-state index is 0. The second-order valence-corrected chi connectivity index (χ2v) is 10.7. The van der Waals surface area contributed by atoms with Gasteiger partial charge in [0, 0.05) is 40.9 Å². The van der Waals surface area contributed by atoms with Gasteiger partial charge in [-0.15, -0.1) is 12.4 Å². The SMILES string of the molecule is CC(NCc1ccccc1F)C(=O)NC(=O)c1ccc(-c2ccccc2)cc1-c1ccc(Cl)cc1Oc1cccc(CN)c1.Cl. The van der Waals surface area contributed by atoms with Gasteiger partial charge >= 0.3 is 0 Å². The lowest BCUT2D eigenvalue weighted by molar-refractivity contribution is -0.121. The van der Waals surface area contributed by atoms with E-state index in [1.54, 1.807) is 49.4 Å². The number of imide groups is 1. The van der Waals surface area contributed by atoms with E-state index in [2.05, 4.69) is 10.6 Å². The predicted molar refractivity (Wildman–Crippen MR) is 179 cm³/mol. The first-order valence-electron chi connectivity index (χ1n) is 14.1. The molecule has 0 aliphatic heterocycles. The molecule has 0 saturated carbocycles. The molecule has 0 heterocycles. The van der Waals surface area contributed by atoms with E-state index in [0.717, 1.165) is 16.7 Å². The first-order chi connectivity index (χ1) is 21.3. The van der Waals surface area contributed by atoms with Gasteiger partial charge in [-0.05, 0) is 71.6 Å². The number of hydrogen-bond acceptors (Lipinski definition) is 5. The van der Waals surface area contributed by atoms with Crippen LogP contribution in [0.3, 0.4) is 0 Å². The number of ether oxygens (including phenoxy) is 1. The topological polar surface area (TPSA) is 93.5 Å². The van der Waals surface area contributed by atoms with E-state index in [0.29, 0.717) is 39.8 Å². The second kappa shape index (κ2) is 15.5. The van der Waals surface area contributed by atoms with Gasteiger partial charge in [0.1, 0.15) is 17.3 Å². The maximum absolute atomic E-state index is 14.0. The Hall–Kier alpha value is -4.53. The highest BCUT2D eigenvalue weighted by molar-refractivity contribution is 6.30. The molecule has 5 aromatic rings. The summed E-state index contributed by atoms with van der Waals surface area (Å²) in [5.41, 5.74) is 10.4. The van der Waals surface area contributed by atoms with E-state index >= 15 is 0 Å². The Morgan fingerprint density at radius 3 is 2.36 bits per heavy atom. The molecule has 9 heteroatoms. The molecule has 0 aromatic heterocycles. The van der Waals surface area contributed by atoms with Crippen LogP contribution in [0.25, 0.3) is 22.3 Å². The Bertz CT molecular complexity index is 1800. The van der Waals surface area contributed by atoms with Gasteiger partial charge in [-0.1, -0.05) is 78.3 Å². The summed E-state index contributed by atoms with van der Waals surface area (Å²) < 4.78 is 20.3. The largest absolute Gasteiger partial charge is 0.457 e. The molecule has 0 saturated heterocycles. The van der Waals surface area contributed by atoms with Crippen LogP contribution in [0.15, 0.2) is 115 Å². The van der Waals surface area contributed by atoms with Crippen LogP contribution in [0.2, 0.25) is 5.02 Å². The third-order valence-corrected chi connectivity index (χ3v) is 7.39. The van der Waals surface area contributed by atoms with E-state index < -0.39 is 17.9 Å². The van der Waals surface area contributed by atoms with Gasteiger partial charge in [-0.3, -0.25) is 14.9 Å². The van der Waals surface area contributed by atoms with Crippen molar-refractivity contribution in [2.45, 2.75) is 26.1 Å². The minimum atomic E-state index is -0.769. The zero-order chi connectivity index (χ0) is 31.1. The number of hydrogen-bond donors (Lipinski definition) is 3. The summed E-state index contributed by atoms with van der Waals surface area (Å²) in [6.45, 7) is 2.09. The molecule has 1 unspecified atom stereocenters. The van der Waals surface area contributed by atoms with Crippen molar-refractivity contribution in [3.63, 3.8) is 0 Å². The summed E-state index contributed by atoms with van der Waals surface area (Å²) in [5, 5.41) is 5.93. The summed E-state index contributed by atoms with van der Waals surface area (Å²) >= 11 is 6.39. The van der Waals surface area contributed by atoms with Crippen LogP contribution in [-0.4, -0.2) is 17.9 Å². The number of nitrogens with one attached hydrogen (secondary N) is 2. The van der Waals surface area contributed by atoms with Crippen molar-refractivity contribution < 1.29 is 18.7 Å². The summed E-state index contributed by atoms with van der Waals surface area (Å²) in [6.07, 6.45) is 0. The molecule has 4 N–H and O–H groups in total. The fraction of sp³-hybridized carbons (Fsp3) is 0.111. The number of nitrogens with two attached hydrogens (primary N) is 1. The van der Waals surface area contributed by atoms with Crippen LogP contribution in [0.1, 0.15) is 28.4 Å². The third kappa shape index (κ3) is 8.35. The number of carbonyl (C=O) groups is 2. The van der Waals surface area contributed by atoms with Crippen molar-refractivity contribution in [3.8, 4) is 33.8 Å². The lowest BCUT2D eigenvalue weighted by Gasteiger charge is -2.18. The van der Waals surface area contributed by atoms with E-state index in [4.69, 9.17) is 22.1 Å². The molecule has 0 radical (unpaired) electrons. The van der Waals surface area contributed by atoms with Gasteiger partial charge in [0.15, 0.2) is 0 Å². The highest BCUT2D eigenvalue weighted by Crippen LogP contribution is 2.39. The lowest BCUT2D eigenvalue weighted by atomic mass is 9.93. The Labute approximate surface area is 272 Å². The molecule has 2 amide bonds. The third-order valence-electron chi connectivity index (χ3n) is 7.15. The number of amides is 2. The monoisotopic (exact) mass is 643 g/mol. The number of benzene rings is 5. The van der Waals surface area contributed by atoms with E-state index in [1.165, 1.54) is 6.07 Å². The van der Waals surface area contributed by atoms with Gasteiger partial charge in [0.25, 0.3) is 5.91 Å². The lowest BCUT2D eigenvalue weighted by Crippen LogP contribution is -2.44. The summed E-state index contributed by atoms with van der Waals surface area (Å²) in [5.74, 6) is -0.517. The molecule has 0 fully saturated rings. The molecule has 5 aromatic carbocycles. The van der Waals surface area contributed by atoms with Crippen LogP contribution in [0.4, 0.5) is 4.39 Å². The maximum Gasteiger partial charge on any atom is 0.258 e. The zero-order valence-electron chi connectivity index (χ0n) is 24.4. The highest BCUT2D eigenvalue weighted by atomic mass is 35.5. The summed E-state index contributed by atoms with van der Waals surface area (Å²) in [4.78, 5) is 26.7. The molecule has 1 atom stereocenters. The minimum Gasteiger partial charge on any atom is -0.457 e. The average molecular weight is 645 g/mol. The van der Waals surface area contributed by atoms with E-state index in [-0.39, 0.29) is 30.3 Å². The first-order valence-corrected chi connectivity index (χ1v) is 14.5. The van der Waals surface area contributed by atoms with Crippen LogP contribution >= 0.6 is 24.0 Å². The van der Waals surface area contributed by atoms with Crippen molar-refractivity contribution in [1.82, 2.24) is 10.6 Å². The molecule has 0 aliphatic carbocycles. The molecule has 0 spiro atoms. The van der Waals surface area contributed by atoms with Gasteiger partial charge in [-0.25, -0.2) is 4.39 Å². The Morgan fingerprint density at radius 1 is 0.844 bits per heavy atom. The second-order valence-electron chi connectivity index (χ2n) is 10.2. The van der Waals surface area contributed by atoms with Crippen molar-refractivity contribution in [2.75, 3.05) is 0 Å². The van der Waals surface area contributed by atoms with Crippen LogP contribution in [-0.2, 0) is 17.9 Å². The van der Waals surface area contributed by atoms with Gasteiger partial charge in [0.2, 0.25) is 5.91 Å². The average Bonchev–Trinajstić information content (AvgIpc) is 3.04. The van der Waals surface area contributed by atoms with Crippen molar-refractivity contribution in [2.24, 2.45) is 5.73 Å². The highest BCUT2D eigenvalue weighted by Gasteiger charge is 2.22. The molecule has 230 valence electrons. The summed E-state index contributed by atoms with van der Waals surface area (Å²) in [7, 11) is 0. The quantitative estimate of drug-likeness (QED) is 0.144. The summed E-state index contributed by atoms with van der Waals surface area (Å²) in [6, 6.07) is 33.3. The zero-order valence-corrected chi connectivity index (χ0v) is 26.0. The fourth-order valence-corrected chi connectivity index (χ4v) is 4.89. The molecular weight excluding hydrogens is 612 g/mol. The molecule has 5 rings (SSSR count). The van der Waals surface area contributed by atoms with Crippen LogP contribution < -0.4 is 21.1 Å². The van der Waals surface area contributed by atoms with Crippen molar-refractivity contribution in [3.05, 3.63) is 143 Å². The number of halogens is 3. The normalized spacial score (nSPS) is 11.3. The first kappa shape index (κ1) is 33.4. The molecule has 6 nitrogen and oxygen atoms in total. The Kier molecular flexibility index (Phi) is 11.5. The van der Waals surface area contributed by atoms with Crippen molar-refractivity contribution in [1.29, 1.82) is 0 Å². The van der Waals surface area contributed by atoms with Crippen LogP contribution in [0.5, 0.6) is 11.5 Å². The van der Waals surface area contributed by atoms with Crippen LogP contribution in [0, 0.1) is 5.82 Å². The molecule has 0 aliphatic rings. The molecule has 0 bridgehead atoms. The number of rotatable bonds is 10. The van der Waals surface area contributed by atoms with Gasteiger partial charge in [0.05, 0.1) is 6.04 Å². The Balaban J connectivity index is 0.00000461. The predicted octanol–water partition coefficient (Wildman–Crippen LogP) is 7.92. The van der Waals surface area contributed by atoms with Crippen molar-refractivity contribution >= 4 is 35.8 Å².